The highest BCUT2D eigenvalue weighted by Gasteiger charge is 2.37. The zero-order valence-electron chi connectivity index (χ0n) is 18.8. The SMILES string of the molecule is C[C@@H](C(=O)OC(C)(C)C)N(CCO[Si](C)(C)C(C)(C)C)Cc1ccccc1. The molecule has 0 heterocycles. The second-order valence-electron chi connectivity index (χ2n) is 9.77. The maximum absolute atomic E-state index is 12.6. The average molecular weight is 394 g/mol. The van der Waals surface area contributed by atoms with Crippen LogP contribution in [-0.4, -0.2) is 44.0 Å². The van der Waals surface area contributed by atoms with Gasteiger partial charge in [0.05, 0.1) is 0 Å². The Morgan fingerprint density at radius 2 is 1.63 bits per heavy atom. The quantitative estimate of drug-likeness (QED) is 0.447. The minimum Gasteiger partial charge on any atom is -0.459 e. The summed E-state index contributed by atoms with van der Waals surface area (Å²) in [7, 11) is -1.81. The standard InChI is InChI=1S/C22H39NO3Si/c1-18(20(24)26-21(2,3)4)23(17-19-13-11-10-12-14-19)15-16-25-27(8,9)22(5,6)7/h10-14,18H,15-17H2,1-9H3/t18-/m0/s1. The number of carbonyl (C=O) groups excluding carboxylic acids is 1. The Kier molecular flexibility index (Phi) is 8.26. The zero-order valence-corrected chi connectivity index (χ0v) is 19.8. The maximum atomic E-state index is 12.6. The van der Waals surface area contributed by atoms with Crippen molar-refractivity contribution in [1.82, 2.24) is 4.90 Å². The lowest BCUT2D eigenvalue weighted by atomic mass is 10.1. The Hall–Kier alpha value is -1.17. The molecule has 0 amide bonds. The molecule has 4 nitrogen and oxygen atoms in total. The van der Waals surface area contributed by atoms with Crippen LogP contribution in [0.2, 0.25) is 18.1 Å². The summed E-state index contributed by atoms with van der Waals surface area (Å²) >= 11 is 0. The number of esters is 1. The third-order valence-electron chi connectivity index (χ3n) is 5.17. The van der Waals surface area contributed by atoms with Gasteiger partial charge in [0.2, 0.25) is 0 Å². The van der Waals surface area contributed by atoms with Gasteiger partial charge in [0, 0.05) is 19.7 Å². The van der Waals surface area contributed by atoms with Crippen molar-refractivity contribution in [1.29, 1.82) is 0 Å². The second kappa shape index (κ2) is 9.35. The third-order valence-corrected chi connectivity index (χ3v) is 9.71. The topological polar surface area (TPSA) is 38.8 Å². The van der Waals surface area contributed by atoms with E-state index in [1.54, 1.807) is 0 Å². The van der Waals surface area contributed by atoms with Gasteiger partial charge in [-0.1, -0.05) is 51.1 Å². The van der Waals surface area contributed by atoms with E-state index in [0.29, 0.717) is 19.7 Å². The van der Waals surface area contributed by atoms with Crippen LogP contribution in [0.1, 0.15) is 54.0 Å². The van der Waals surface area contributed by atoms with Gasteiger partial charge in [-0.3, -0.25) is 9.69 Å². The number of rotatable bonds is 8. The maximum Gasteiger partial charge on any atom is 0.323 e. The molecule has 1 aromatic carbocycles. The first-order valence-electron chi connectivity index (χ1n) is 9.88. The minimum atomic E-state index is -1.81. The Morgan fingerprint density at radius 1 is 1.07 bits per heavy atom. The van der Waals surface area contributed by atoms with E-state index in [9.17, 15) is 4.79 Å². The largest absolute Gasteiger partial charge is 0.459 e. The van der Waals surface area contributed by atoms with E-state index in [1.165, 1.54) is 5.56 Å². The first kappa shape index (κ1) is 23.9. The summed E-state index contributed by atoms with van der Waals surface area (Å²) in [5, 5.41) is 0.175. The highest BCUT2D eigenvalue weighted by Crippen LogP contribution is 2.36. The van der Waals surface area contributed by atoms with Crippen LogP contribution in [0.15, 0.2) is 30.3 Å². The molecular weight excluding hydrogens is 354 g/mol. The van der Waals surface area contributed by atoms with Crippen molar-refractivity contribution in [2.75, 3.05) is 13.2 Å². The van der Waals surface area contributed by atoms with Crippen molar-refractivity contribution in [3.05, 3.63) is 35.9 Å². The predicted octanol–water partition coefficient (Wildman–Crippen LogP) is 5.24. The van der Waals surface area contributed by atoms with Crippen LogP contribution in [0, 0.1) is 0 Å². The predicted molar refractivity (Wildman–Crippen MR) is 115 cm³/mol. The van der Waals surface area contributed by atoms with Crippen LogP contribution in [-0.2, 0) is 20.5 Å². The Morgan fingerprint density at radius 3 is 2.11 bits per heavy atom. The second-order valence-corrected chi connectivity index (χ2v) is 14.6. The van der Waals surface area contributed by atoms with Gasteiger partial charge < -0.3 is 9.16 Å². The van der Waals surface area contributed by atoms with E-state index < -0.39 is 13.9 Å². The summed E-state index contributed by atoms with van der Waals surface area (Å²) in [6.45, 7) is 20.9. The molecule has 1 aromatic rings. The monoisotopic (exact) mass is 393 g/mol. The van der Waals surface area contributed by atoms with Gasteiger partial charge in [-0.15, -0.1) is 0 Å². The minimum absolute atomic E-state index is 0.175. The first-order valence-corrected chi connectivity index (χ1v) is 12.8. The van der Waals surface area contributed by atoms with Crippen LogP contribution in [0.4, 0.5) is 0 Å². The van der Waals surface area contributed by atoms with Crippen LogP contribution in [0.3, 0.4) is 0 Å². The Balaban J connectivity index is 2.83. The van der Waals surface area contributed by atoms with Gasteiger partial charge in [-0.25, -0.2) is 0 Å². The lowest BCUT2D eigenvalue weighted by Crippen LogP contribution is -2.46. The summed E-state index contributed by atoms with van der Waals surface area (Å²) in [6, 6.07) is 9.90. The van der Waals surface area contributed by atoms with Crippen molar-refractivity contribution < 1.29 is 14.0 Å². The fraction of sp³-hybridized carbons (Fsp3) is 0.682. The summed E-state index contributed by atoms with van der Waals surface area (Å²) < 4.78 is 11.9. The van der Waals surface area contributed by atoms with E-state index in [1.807, 2.05) is 45.9 Å². The number of benzene rings is 1. The number of nitrogens with zero attached hydrogens (tertiary/aromatic N) is 1. The molecule has 0 aliphatic carbocycles. The van der Waals surface area contributed by atoms with Crippen molar-refractivity contribution >= 4 is 14.3 Å². The van der Waals surface area contributed by atoms with Crippen molar-refractivity contribution in [3.8, 4) is 0 Å². The Bertz CT molecular complexity index is 588. The van der Waals surface area contributed by atoms with Gasteiger partial charge in [-0.2, -0.15) is 0 Å². The van der Waals surface area contributed by atoms with Crippen LogP contribution in [0.5, 0.6) is 0 Å². The number of hydrogen-bond donors (Lipinski definition) is 0. The molecule has 0 aliphatic rings. The molecule has 1 rings (SSSR count). The lowest BCUT2D eigenvalue weighted by Gasteiger charge is -2.37. The molecule has 0 unspecified atom stereocenters. The molecule has 0 saturated carbocycles. The highest BCUT2D eigenvalue weighted by atomic mass is 28.4. The molecule has 27 heavy (non-hydrogen) atoms. The van der Waals surface area contributed by atoms with E-state index in [2.05, 4.69) is 50.9 Å². The first-order chi connectivity index (χ1) is 12.2. The van der Waals surface area contributed by atoms with Gasteiger partial charge in [0.1, 0.15) is 11.6 Å². The molecule has 0 radical (unpaired) electrons. The molecule has 0 bridgehead atoms. The molecule has 0 fully saturated rings. The fourth-order valence-electron chi connectivity index (χ4n) is 2.40. The third kappa shape index (κ3) is 8.16. The number of ether oxygens (including phenoxy) is 1. The van der Waals surface area contributed by atoms with E-state index in [4.69, 9.17) is 9.16 Å². The smallest absolute Gasteiger partial charge is 0.323 e. The van der Waals surface area contributed by atoms with Crippen molar-refractivity contribution in [3.63, 3.8) is 0 Å². The fourth-order valence-corrected chi connectivity index (χ4v) is 3.43. The summed E-state index contributed by atoms with van der Waals surface area (Å²) in [6.07, 6.45) is 0. The number of carbonyl (C=O) groups is 1. The van der Waals surface area contributed by atoms with E-state index in [-0.39, 0.29) is 17.0 Å². The molecule has 154 valence electrons. The lowest BCUT2D eigenvalue weighted by molar-refractivity contribution is -0.161. The molecule has 0 spiro atoms. The molecule has 0 saturated heterocycles. The van der Waals surface area contributed by atoms with E-state index >= 15 is 0 Å². The summed E-state index contributed by atoms with van der Waals surface area (Å²) in [5.41, 5.74) is 0.696. The molecule has 0 N–H and O–H groups in total. The zero-order chi connectivity index (χ0) is 20.9. The normalized spacial score (nSPS) is 14.3. The summed E-state index contributed by atoms with van der Waals surface area (Å²) in [4.78, 5) is 14.8. The van der Waals surface area contributed by atoms with Crippen LogP contribution in [0.25, 0.3) is 0 Å². The van der Waals surface area contributed by atoms with Gasteiger partial charge in [0.15, 0.2) is 8.32 Å². The molecule has 5 heteroatoms. The van der Waals surface area contributed by atoms with Gasteiger partial charge in [0.25, 0.3) is 0 Å². The molecule has 0 aliphatic heterocycles. The molecule has 0 aromatic heterocycles. The van der Waals surface area contributed by atoms with Crippen LogP contribution >= 0.6 is 0 Å². The van der Waals surface area contributed by atoms with Crippen LogP contribution < -0.4 is 0 Å². The molecule has 1 atom stereocenters. The number of hydrogen-bond acceptors (Lipinski definition) is 4. The van der Waals surface area contributed by atoms with Gasteiger partial charge in [-0.05, 0) is 51.4 Å². The van der Waals surface area contributed by atoms with Crippen molar-refractivity contribution in [2.45, 2.75) is 84.8 Å². The van der Waals surface area contributed by atoms with Crippen molar-refractivity contribution in [2.24, 2.45) is 0 Å². The van der Waals surface area contributed by atoms with E-state index in [0.717, 1.165) is 0 Å². The molecular formula is C22H39NO3Si. The Labute approximate surface area is 167 Å². The average Bonchev–Trinajstić information content (AvgIpc) is 2.51. The summed E-state index contributed by atoms with van der Waals surface area (Å²) in [5.74, 6) is -0.189. The highest BCUT2D eigenvalue weighted by molar-refractivity contribution is 6.74. The van der Waals surface area contributed by atoms with Gasteiger partial charge >= 0.3 is 5.97 Å².